The average Bonchev–Trinajstić information content (AvgIpc) is 2.64. The van der Waals surface area contributed by atoms with Gasteiger partial charge in [-0.25, -0.2) is 0 Å². The molecule has 1 heteroatoms. The largest absolute Gasteiger partial charge is 0.306 e. The lowest BCUT2D eigenvalue weighted by molar-refractivity contribution is 0.324. The summed E-state index contributed by atoms with van der Waals surface area (Å²) in [5.41, 5.74) is 0. The fourth-order valence-electron chi connectivity index (χ4n) is 3.95. The molecule has 0 aliphatic rings. The van der Waals surface area contributed by atoms with Crippen molar-refractivity contribution in [1.29, 1.82) is 0 Å². The SMILES string of the molecule is CCCCCCCCCCCCCCCCCCCCCN(C)CCC. The van der Waals surface area contributed by atoms with Gasteiger partial charge in [0.05, 0.1) is 0 Å². The first-order chi connectivity index (χ1) is 12.8. The number of nitrogens with zero attached hydrogens (tertiary/aromatic N) is 1. The van der Waals surface area contributed by atoms with Gasteiger partial charge in [0.2, 0.25) is 0 Å². The maximum absolute atomic E-state index is 2.48. The van der Waals surface area contributed by atoms with E-state index in [1.54, 1.807) is 0 Å². The second-order valence-corrected chi connectivity index (χ2v) is 8.67. The molecule has 0 fully saturated rings. The molecule has 0 unspecified atom stereocenters. The molecule has 26 heavy (non-hydrogen) atoms. The Kier molecular flexibility index (Phi) is 23.0. The van der Waals surface area contributed by atoms with E-state index in [9.17, 15) is 0 Å². The summed E-state index contributed by atoms with van der Waals surface area (Å²) in [6.07, 6.45) is 29.1. The van der Waals surface area contributed by atoms with Crippen LogP contribution >= 0.6 is 0 Å². The average molecular weight is 368 g/mol. The van der Waals surface area contributed by atoms with Crippen LogP contribution in [0.15, 0.2) is 0 Å². The number of unbranched alkanes of at least 4 members (excludes halogenated alkanes) is 18. The lowest BCUT2D eigenvalue weighted by Gasteiger charge is -2.14. The van der Waals surface area contributed by atoms with Crippen molar-refractivity contribution < 1.29 is 0 Å². The molecule has 0 rings (SSSR count). The summed E-state index contributed by atoms with van der Waals surface area (Å²) in [5, 5.41) is 0. The molecule has 0 N–H and O–H groups in total. The summed E-state index contributed by atoms with van der Waals surface area (Å²) in [5.74, 6) is 0. The van der Waals surface area contributed by atoms with E-state index in [0.717, 1.165) is 0 Å². The van der Waals surface area contributed by atoms with E-state index in [0.29, 0.717) is 0 Å². The smallest absolute Gasteiger partial charge is 0.00218 e. The second-order valence-electron chi connectivity index (χ2n) is 8.67. The first-order valence-electron chi connectivity index (χ1n) is 12.5. The van der Waals surface area contributed by atoms with Crippen LogP contribution in [0.5, 0.6) is 0 Å². The van der Waals surface area contributed by atoms with Crippen LogP contribution in [0, 0.1) is 0 Å². The highest BCUT2D eigenvalue weighted by Crippen LogP contribution is 2.14. The molecule has 0 saturated carbocycles. The summed E-state index contributed by atoms with van der Waals surface area (Å²) < 4.78 is 0. The van der Waals surface area contributed by atoms with Crippen molar-refractivity contribution in [2.24, 2.45) is 0 Å². The van der Waals surface area contributed by atoms with Gasteiger partial charge in [0.1, 0.15) is 0 Å². The van der Waals surface area contributed by atoms with Crippen LogP contribution in [0.2, 0.25) is 0 Å². The molecular formula is C25H53N. The van der Waals surface area contributed by atoms with Gasteiger partial charge in [-0.1, -0.05) is 129 Å². The van der Waals surface area contributed by atoms with Gasteiger partial charge in [-0.15, -0.1) is 0 Å². The van der Waals surface area contributed by atoms with E-state index < -0.39 is 0 Å². The van der Waals surface area contributed by atoms with Crippen molar-refractivity contribution in [1.82, 2.24) is 4.90 Å². The molecule has 0 spiro atoms. The Morgan fingerprint density at radius 3 is 0.962 bits per heavy atom. The van der Waals surface area contributed by atoms with Gasteiger partial charge in [0, 0.05) is 0 Å². The molecule has 1 nitrogen and oxygen atoms in total. The van der Waals surface area contributed by atoms with E-state index in [1.807, 2.05) is 0 Å². The monoisotopic (exact) mass is 367 g/mol. The summed E-state index contributed by atoms with van der Waals surface area (Å²) in [7, 11) is 2.26. The predicted molar refractivity (Wildman–Crippen MR) is 121 cm³/mol. The van der Waals surface area contributed by atoms with Gasteiger partial charge in [0.25, 0.3) is 0 Å². The molecule has 0 aliphatic carbocycles. The summed E-state index contributed by atoms with van der Waals surface area (Å²) in [6.45, 7) is 7.13. The second kappa shape index (κ2) is 23.0. The maximum atomic E-state index is 2.48. The minimum Gasteiger partial charge on any atom is -0.306 e. The standard InChI is InChI=1S/C25H53N/c1-4-6-7-8-9-10-11-12-13-14-15-16-17-18-19-20-21-22-23-25-26(3)24-5-2/h4-25H2,1-3H3. The minimum absolute atomic E-state index is 1.26. The van der Waals surface area contributed by atoms with Crippen molar-refractivity contribution in [3.8, 4) is 0 Å². The van der Waals surface area contributed by atoms with Crippen LogP contribution in [0.1, 0.15) is 142 Å². The van der Waals surface area contributed by atoms with Gasteiger partial charge < -0.3 is 4.90 Å². The van der Waals surface area contributed by atoms with Crippen molar-refractivity contribution in [3.05, 3.63) is 0 Å². The van der Waals surface area contributed by atoms with Crippen LogP contribution in [-0.2, 0) is 0 Å². The van der Waals surface area contributed by atoms with Gasteiger partial charge in [-0.2, -0.15) is 0 Å². The summed E-state index contributed by atoms with van der Waals surface area (Å²) >= 11 is 0. The van der Waals surface area contributed by atoms with Gasteiger partial charge in [-0.05, 0) is 33.0 Å². The minimum atomic E-state index is 1.26. The van der Waals surface area contributed by atoms with Gasteiger partial charge >= 0.3 is 0 Å². The van der Waals surface area contributed by atoms with Crippen molar-refractivity contribution in [2.75, 3.05) is 20.1 Å². The highest BCUT2D eigenvalue weighted by atomic mass is 15.1. The van der Waals surface area contributed by atoms with Crippen molar-refractivity contribution in [2.45, 2.75) is 142 Å². The van der Waals surface area contributed by atoms with E-state index in [1.165, 1.54) is 142 Å². The molecule has 0 aromatic carbocycles. The van der Waals surface area contributed by atoms with Gasteiger partial charge in [0.15, 0.2) is 0 Å². The van der Waals surface area contributed by atoms with E-state index in [-0.39, 0.29) is 0 Å². The predicted octanol–water partition coefficient (Wildman–Crippen LogP) is 8.76. The quantitative estimate of drug-likeness (QED) is 0.173. The van der Waals surface area contributed by atoms with Crippen LogP contribution in [0.3, 0.4) is 0 Å². The zero-order valence-electron chi connectivity index (χ0n) is 19.0. The maximum Gasteiger partial charge on any atom is -0.00218 e. The zero-order chi connectivity index (χ0) is 19.1. The Hall–Kier alpha value is -0.0400. The Morgan fingerprint density at radius 1 is 0.346 bits per heavy atom. The molecule has 0 amide bonds. The van der Waals surface area contributed by atoms with E-state index in [2.05, 4.69) is 25.8 Å². The number of rotatable bonds is 22. The third kappa shape index (κ3) is 22.0. The molecule has 0 aromatic rings. The topological polar surface area (TPSA) is 3.24 Å². The van der Waals surface area contributed by atoms with Crippen LogP contribution in [0.4, 0.5) is 0 Å². The molecule has 0 radical (unpaired) electrons. The zero-order valence-corrected chi connectivity index (χ0v) is 19.0. The highest BCUT2D eigenvalue weighted by Gasteiger charge is 1.97. The highest BCUT2D eigenvalue weighted by molar-refractivity contribution is 4.53. The summed E-state index contributed by atoms with van der Waals surface area (Å²) in [4.78, 5) is 2.48. The lowest BCUT2D eigenvalue weighted by atomic mass is 10.0. The van der Waals surface area contributed by atoms with Crippen molar-refractivity contribution >= 4 is 0 Å². The first kappa shape index (κ1) is 26.0. The Bertz CT molecular complexity index is 238. The fourth-order valence-corrected chi connectivity index (χ4v) is 3.95. The number of hydrogen-bond acceptors (Lipinski definition) is 1. The first-order valence-corrected chi connectivity index (χ1v) is 12.5. The molecule has 0 bridgehead atoms. The normalized spacial score (nSPS) is 11.5. The number of hydrogen-bond donors (Lipinski definition) is 0. The molecule has 0 heterocycles. The fraction of sp³-hybridized carbons (Fsp3) is 1.00. The van der Waals surface area contributed by atoms with Crippen LogP contribution in [0.25, 0.3) is 0 Å². The van der Waals surface area contributed by atoms with E-state index >= 15 is 0 Å². The van der Waals surface area contributed by atoms with Crippen molar-refractivity contribution in [3.63, 3.8) is 0 Å². The molecular weight excluding hydrogens is 314 g/mol. The Morgan fingerprint density at radius 2 is 0.654 bits per heavy atom. The molecule has 0 aromatic heterocycles. The summed E-state index contributed by atoms with van der Waals surface area (Å²) in [6, 6.07) is 0. The third-order valence-corrected chi connectivity index (χ3v) is 5.75. The van der Waals surface area contributed by atoms with Crippen LogP contribution in [-0.4, -0.2) is 25.0 Å². The molecule has 0 aliphatic heterocycles. The third-order valence-electron chi connectivity index (χ3n) is 5.75. The molecule has 0 saturated heterocycles. The van der Waals surface area contributed by atoms with Crippen LogP contribution < -0.4 is 0 Å². The Balaban J connectivity index is 3.01. The molecule has 0 atom stereocenters. The lowest BCUT2D eigenvalue weighted by Crippen LogP contribution is -2.20. The molecule has 158 valence electrons. The van der Waals surface area contributed by atoms with E-state index in [4.69, 9.17) is 0 Å². The van der Waals surface area contributed by atoms with Gasteiger partial charge in [-0.3, -0.25) is 0 Å². The Labute approximate surface area is 167 Å².